The molecular weight excluding hydrogens is 144 g/mol. The Morgan fingerprint density at radius 3 is 2.55 bits per heavy atom. The average Bonchev–Trinajstić information content (AvgIpc) is 1.98. The van der Waals surface area contributed by atoms with Crippen LogP contribution >= 0.6 is 0 Å². The van der Waals surface area contributed by atoms with Gasteiger partial charge in [-0.3, -0.25) is 4.79 Å². The molecule has 66 valence electrons. The number of carbonyl (C=O) groups is 1. The molecule has 0 heterocycles. The average molecular weight is 160 g/mol. The number of hydroxylamine groups is 1. The standard InChI is InChI=1S/C7H16N2O2/c1-4-5(2)6(7(8)10)9-11-3/h5-6,9H,4H2,1-3H3,(H2,8,10)/t5-,6+/m1/s1. The van der Waals surface area contributed by atoms with Crippen LogP contribution in [0.5, 0.6) is 0 Å². The van der Waals surface area contributed by atoms with Crippen molar-refractivity contribution in [3.8, 4) is 0 Å². The summed E-state index contributed by atoms with van der Waals surface area (Å²) in [6, 6.07) is -0.384. The number of amides is 1. The Kier molecular flexibility index (Phi) is 4.81. The van der Waals surface area contributed by atoms with E-state index in [2.05, 4.69) is 10.3 Å². The highest BCUT2D eigenvalue weighted by molar-refractivity contribution is 5.79. The Bertz CT molecular complexity index is 128. The van der Waals surface area contributed by atoms with Gasteiger partial charge in [-0.1, -0.05) is 20.3 Å². The summed E-state index contributed by atoms with van der Waals surface area (Å²) in [4.78, 5) is 15.4. The Hall–Kier alpha value is -0.610. The Balaban J connectivity index is 3.97. The largest absolute Gasteiger partial charge is 0.368 e. The highest BCUT2D eigenvalue weighted by Crippen LogP contribution is 2.06. The first-order valence-corrected chi connectivity index (χ1v) is 3.71. The van der Waals surface area contributed by atoms with Crippen LogP contribution in [0.25, 0.3) is 0 Å². The molecule has 0 fully saturated rings. The van der Waals surface area contributed by atoms with Crippen molar-refractivity contribution in [1.29, 1.82) is 0 Å². The van der Waals surface area contributed by atoms with Gasteiger partial charge in [0.1, 0.15) is 6.04 Å². The molecule has 0 aliphatic rings. The van der Waals surface area contributed by atoms with E-state index in [1.54, 1.807) is 0 Å². The molecule has 0 aromatic carbocycles. The second kappa shape index (κ2) is 5.09. The van der Waals surface area contributed by atoms with E-state index in [4.69, 9.17) is 5.73 Å². The van der Waals surface area contributed by atoms with Crippen LogP contribution in [0.1, 0.15) is 20.3 Å². The first-order chi connectivity index (χ1) is 5.13. The molecule has 1 amide bonds. The summed E-state index contributed by atoms with van der Waals surface area (Å²) in [6.07, 6.45) is 0.893. The second-order valence-corrected chi connectivity index (χ2v) is 2.59. The van der Waals surface area contributed by atoms with E-state index in [9.17, 15) is 4.79 Å². The molecule has 4 nitrogen and oxygen atoms in total. The Morgan fingerprint density at radius 1 is 1.73 bits per heavy atom. The number of carbonyl (C=O) groups excluding carboxylic acids is 1. The van der Waals surface area contributed by atoms with Crippen molar-refractivity contribution in [1.82, 2.24) is 5.48 Å². The van der Waals surface area contributed by atoms with Crippen LogP contribution in [0, 0.1) is 5.92 Å². The quantitative estimate of drug-likeness (QED) is 0.558. The van der Waals surface area contributed by atoms with Crippen LogP contribution in [0.15, 0.2) is 0 Å². The SMILES string of the molecule is CC[C@@H](C)[C@H](NOC)C(N)=O. The van der Waals surface area contributed by atoms with Gasteiger partial charge in [-0.25, -0.2) is 0 Å². The summed E-state index contributed by atoms with van der Waals surface area (Å²) in [5.74, 6) is -0.173. The third kappa shape index (κ3) is 3.34. The van der Waals surface area contributed by atoms with Gasteiger partial charge in [0.2, 0.25) is 5.91 Å². The summed E-state index contributed by atoms with van der Waals surface area (Å²) in [6.45, 7) is 3.94. The first kappa shape index (κ1) is 10.4. The Labute approximate surface area is 67.0 Å². The van der Waals surface area contributed by atoms with E-state index in [0.717, 1.165) is 6.42 Å². The third-order valence-electron chi connectivity index (χ3n) is 1.76. The van der Waals surface area contributed by atoms with Gasteiger partial charge >= 0.3 is 0 Å². The van der Waals surface area contributed by atoms with E-state index in [1.165, 1.54) is 7.11 Å². The van der Waals surface area contributed by atoms with Gasteiger partial charge in [0.15, 0.2) is 0 Å². The lowest BCUT2D eigenvalue weighted by atomic mass is 10.00. The summed E-state index contributed by atoms with van der Waals surface area (Å²) < 4.78 is 0. The fourth-order valence-corrected chi connectivity index (χ4v) is 0.817. The topological polar surface area (TPSA) is 64.3 Å². The van der Waals surface area contributed by atoms with Gasteiger partial charge in [0.25, 0.3) is 0 Å². The maximum Gasteiger partial charge on any atom is 0.237 e. The fourth-order valence-electron chi connectivity index (χ4n) is 0.817. The zero-order valence-electron chi connectivity index (χ0n) is 7.26. The maximum atomic E-state index is 10.8. The molecule has 2 atom stereocenters. The minimum atomic E-state index is -0.384. The predicted octanol–water partition coefficient (Wildman–Crippen LogP) is 0.0374. The minimum Gasteiger partial charge on any atom is -0.368 e. The zero-order chi connectivity index (χ0) is 8.85. The molecule has 0 saturated carbocycles. The van der Waals surface area contributed by atoms with Crippen LogP contribution in [-0.4, -0.2) is 19.1 Å². The van der Waals surface area contributed by atoms with Gasteiger partial charge in [-0.05, 0) is 5.92 Å². The number of hydrogen-bond donors (Lipinski definition) is 2. The molecule has 0 aromatic rings. The van der Waals surface area contributed by atoms with E-state index < -0.39 is 0 Å². The predicted molar refractivity (Wildman–Crippen MR) is 42.6 cm³/mol. The van der Waals surface area contributed by atoms with Gasteiger partial charge < -0.3 is 10.6 Å². The molecule has 0 saturated heterocycles. The third-order valence-corrected chi connectivity index (χ3v) is 1.76. The van der Waals surface area contributed by atoms with Crippen molar-refractivity contribution < 1.29 is 9.63 Å². The molecule has 0 spiro atoms. The zero-order valence-corrected chi connectivity index (χ0v) is 7.26. The highest BCUT2D eigenvalue weighted by Gasteiger charge is 2.20. The fraction of sp³-hybridized carbons (Fsp3) is 0.857. The van der Waals surface area contributed by atoms with Crippen molar-refractivity contribution >= 4 is 5.91 Å². The number of nitrogens with two attached hydrogens (primary N) is 1. The lowest BCUT2D eigenvalue weighted by Gasteiger charge is -2.19. The van der Waals surface area contributed by atoms with Gasteiger partial charge in [-0.2, -0.15) is 5.48 Å². The molecule has 0 radical (unpaired) electrons. The summed E-state index contributed by atoms with van der Waals surface area (Å²) in [7, 11) is 1.47. The number of rotatable bonds is 5. The van der Waals surface area contributed by atoms with Crippen molar-refractivity contribution in [2.75, 3.05) is 7.11 Å². The van der Waals surface area contributed by atoms with Crippen molar-refractivity contribution in [2.24, 2.45) is 11.7 Å². The summed E-state index contributed by atoms with van der Waals surface area (Å²) in [5, 5.41) is 0. The number of nitrogens with one attached hydrogen (secondary N) is 1. The van der Waals surface area contributed by atoms with Crippen LogP contribution < -0.4 is 11.2 Å². The maximum absolute atomic E-state index is 10.8. The molecule has 3 N–H and O–H groups in total. The number of primary amides is 1. The number of hydrogen-bond acceptors (Lipinski definition) is 3. The monoisotopic (exact) mass is 160 g/mol. The smallest absolute Gasteiger partial charge is 0.237 e. The van der Waals surface area contributed by atoms with Gasteiger partial charge in [-0.15, -0.1) is 0 Å². The summed E-state index contributed by atoms with van der Waals surface area (Å²) in [5.41, 5.74) is 7.68. The van der Waals surface area contributed by atoms with E-state index >= 15 is 0 Å². The second-order valence-electron chi connectivity index (χ2n) is 2.59. The molecule has 0 rings (SSSR count). The van der Waals surface area contributed by atoms with Crippen LogP contribution in [-0.2, 0) is 9.63 Å². The molecule has 0 aliphatic carbocycles. The van der Waals surface area contributed by atoms with Crippen molar-refractivity contribution in [2.45, 2.75) is 26.3 Å². The van der Waals surface area contributed by atoms with E-state index in [1.807, 2.05) is 13.8 Å². The van der Waals surface area contributed by atoms with Crippen molar-refractivity contribution in [3.63, 3.8) is 0 Å². The summed E-state index contributed by atoms with van der Waals surface area (Å²) >= 11 is 0. The molecule has 0 aromatic heterocycles. The lowest BCUT2D eigenvalue weighted by molar-refractivity contribution is -0.125. The molecule has 0 unspecified atom stereocenters. The van der Waals surface area contributed by atoms with Gasteiger partial charge in [0.05, 0.1) is 7.11 Å². The molecule has 11 heavy (non-hydrogen) atoms. The van der Waals surface area contributed by atoms with Crippen LogP contribution in [0.4, 0.5) is 0 Å². The minimum absolute atomic E-state index is 0.201. The molecule has 4 heteroatoms. The lowest BCUT2D eigenvalue weighted by Crippen LogP contribution is -2.45. The van der Waals surface area contributed by atoms with Crippen LogP contribution in [0.2, 0.25) is 0 Å². The normalized spacial score (nSPS) is 15.9. The highest BCUT2D eigenvalue weighted by atomic mass is 16.6. The van der Waals surface area contributed by atoms with Crippen LogP contribution in [0.3, 0.4) is 0 Å². The van der Waals surface area contributed by atoms with Gasteiger partial charge in [0, 0.05) is 0 Å². The van der Waals surface area contributed by atoms with E-state index in [0.29, 0.717) is 0 Å². The van der Waals surface area contributed by atoms with Crippen molar-refractivity contribution in [3.05, 3.63) is 0 Å². The molecule has 0 aliphatic heterocycles. The van der Waals surface area contributed by atoms with E-state index in [-0.39, 0.29) is 17.9 Å². The first-order valence-electron chi connectivity index (χ1n) is 3.71. The molecular formula is C7H16N2O2. The molecule has 0 bridgehead atoms. The Morgan fingerprint density at radius 2 is 2.27 bits per heavy atom.